The molecule has 0 atom stereocenters. The van der Waals surface area contributed by atoms with Crippen molar-refractivity contribution in [1.29, 1.82) is 0 Å². The minimum Gasteiger partial charge on any atom is -0.204 e. The Kier molecular flexibility index (Phi) is 6.39. The lowest BCUT2D eigenvalue weighted by molar-refractivity contribution is 0.509. The first-order chi connectivity index (χ1) is 13.2. The number of hydrogen-bond donors (Lipinski definition) is 0. The SMILES string of the molecule is Br.Fc1ccc([P](c2ccccc2)(c2ccccc2)c2ccccc2)cc1F. The molecule has 28 heavy (non-hydrogen) atoms. The van der Waals surface area contributed by atoms with Crippen molar-refractivity contribution in [3.8, 4) is 0 Å². The summed E-state index contributed by atoms with van der Waals surface area (Å²) >= 11 is 0. The summed E-state index contributed by atoms with van der Waals surface area (Å²) in [6, 6.07) is 34.7. The topological polar surface area (TPSA) is 0 Å². The molecular formula is C24H19BrF2P. The minimum absolute atomic E-state index is 0. The molecule has 0 fully saturated rings. The van der Waals surface area contributed by atoms with E-state index in [0.717, 1.165) is 21.2 Å². The van der Waals surface area contributed by atoms with Crippen LogP contribution in [-0.4, -0.2) is 0 Å². The van der Waals surface area contributed by atoms with Gasteiger partial charge in [0.2, 0.25) is 0 Å². The van der Waals surface area contributed by atoms with E-state index in [9.17, 15) is 8.78 Å². The molecule has 0 aliphatic rings. The van der Waals surface area contributed by atoms with Gasteiger partial charge in [0.1, 0.15) is 0 Å². The molecule has 4 aromatic rings. The highest BCUT2D eigenvalue weighted by Crippen LogP contribution is 2.54. The van der Waals surface area contributed by atoms with Crippen LogP contribution in [-0.2, 0) is 0 Å². The Morgan fingerprint density at radius 1 is 0.429 bits per heavy atom. The molecule has 0 amide bonds. The van der Waals surface area contributed by atoms with Gasteiger partial charge in [0.25, 0.3) is 0 Å². The summed E-state index contributed by atoms with van der Waals surface area (Å²) < 4.78 is 28.0. The van der Waals surface area contributed by atoms with E-state index in [1.54, 1.807) is 6.07 Å². The summed E-state index contributed by atoms with van der Waals surface area (Å²) in [5, 5.41) is 4.11. The molecule has 0 aliphatic carbocycles. The van der Waals surface area contributed by atoms with Crippen LogP contribution >= 0.6 is 24.2 Å². The van der Waals surface area contributed by atoms with Crippen LogP contribution in [0.1, 0.15) is 0 Å². The number of hydrogen-bond acceptors (Lipinski definition) is 0. The van der Waals surface area contributed by atoms with Crippen molar-refractivity contribution in [2.75, 3.05) is 0 Å². The molecule has 0 unspecified atom stereocenters. The van der Waals surface area contributed by atoms with Crippen LogP contribution < -0.4 is 21.2 Å². The monoisotopic (exact) mass is 455 g/mol. The fourth-order valence-corrected chi connectivity index (χ4v) is 7.79. The second kappa shape index (κ2) is 8.77. The van der Waals surface area contributed by atoms with Gasteiger partial charge >= 0.3 is 0 Å². The van der Waals surface area contributed by atoms with E-state index in [1.807, 2.05) is 54.6 Å². The van der Waals surface area contributed by atoms with Gasteiger partial charge in [-0.3, -0.25) is 0 Å². The fraction of sp³-hybridized carbons (Fsp3) is 0. The molecular weight excluding hydrogens is 437 g/mol. The predicted molar refractivity (Wildman–Crippen MR) is 121 cm³/mol. The van der Waals surface area contributed by atoms with Crippen LogP contribution in [0, 0.1) is 11.6 Å². The molecule has 0 aromatic heterocycles. The predicted octanol–water partition coefficient (Wildman–Crippen LogP) is 5.16. The second-order valence-electron chi connectivity index (χ2n) is 6.28. The zero-order valence-electron chi connectivity index (χ0n) is 15.0. The van der Waals surface area contributed by atoms with E-state index in [4.69, 9.17) is 0 Å². The average molecular weight is 456 g/mol. The Bertz CT molecular complexity index is 941. The lowest BCUT2D eigenvalue weighted by Gasteiger charge is -2.39. The maximum Gasteiger partial charge on any atom is 0.159 e. The van der Waals surface area contributed by atoms with Crippen molar-refractivity contribution < 1.29 is 8.78 Å². The number of halogens is 3. The van der Waals surface area contributed by atoms with Gasteiger partial charge in [-0.2, -0.15) is 0 Å². The zero-order valence-corrected chi connectivity index (χ0v) is 17.6. The van der Waals surface area contributed by atoms with Crippen LogP contribution in [0.2, 0.25) is 0 Å². The van der Waals surface area contributed by atoms with Crippen LogP contribution in [0.4, 0.5) is 8.78 Å². The Balaban J connectivity index is 0.00000225. The van der Waals surface area contributed by atoms with Gasteiger partial charge in [0.05, 0.1) is 0 Å². The molecule has 0 heterocycles. The van der Waals surface area contributed by atoms with Crippen LogP contribution in [0.5, 0.6) is 0 Å². The largest absolute Gasteiger partial charge is 0.204 e. The van der Waals surface area contributed by atoms with Crippen molar-refractivity contribution in [1.82, 2.24) is 0 Å². The van der Waals surface area contributed by atoms with E-state index in [2.05, 4.69) is 36.4 Å². The third kappa shape index (κ3) is 3.53. The summed E-state index contributed by atoms with van der Waals surface area (Å²) in [7, 11) is -2.36. The van der Waals surface area contributed by atoms with E-state index in [-0.39, 0.29) is 17.0 Å². The van der Waals surface area contributed by atoms with E-state index < -0.39 is 18.9 Å². The molecule has 0 spiro atoms. The molecule has 4 rings (SSSR count). The highest BCUT2D eigenvalue weighted by atomic mass is 79.9. The normalized spacial score (nSPS) is 10.9. The average Bonchev–Trinajstić information content (AvgIpc) is 2.74. The molecule has 0 nitrogen and oxygen atoms in total. The highest BCUT2D eigenvalue weighted by Gasteiger charge is 2.36. The number of rotatable bonds is 4. The summed E-state index contributed by atoms with van der Waals surface area (Å²) in [4.78, 5) is 0. The fourth-order valence-electron chi connectivity index (χ4n) is 3.54. The standard InChI is InChI=1S/C24H18F2P.BrH/c25-23-17-16-22(18-24(23)26)27(19-10-4-1-5-11-19,20-12-6-2-7-13-20)21-14-8-3-9-15-21;/h1-18H;1H. The lowest BCUT2D eigenvalue weighted by Crippen LogP contribution is -2.38. The third-order valence-corrected chi connectivity index (χ3v) is 8.99. The smallest absolute Gasteiger partial charge is 0.159 e. The van der Waals surface area contributed by atoms with Crippen molar-refractivity contribution in [2.24, 2.45) is 0 Å². The quantitative estimate of drug-likeness (QED) is 0.372. The summed E-state index contributed by atoms with van der Waals surface area (Å²) in [5.41, 5.74) is 0. The second-order valence-corrected chi connectivity index (χ2v) is 9.68. The minimum atomic E-state index is -2.36. The number of benzene rings is 4. The van der Waals surface area contributed by atoms with Crippen molar-refractivity contribution in [3.05, 3.63) is 121 Å². The highest BCUT2D eigenvalue weighted by molar-refractivity contribution is 8.93. The molecule has 4 heteroatoms. The van der Waals surface area contributed by atoms with Gasteiger partial charge < -0.3 is 0 Å². The molecule has 0 aliphatic heterocycles. The van der Waals surface area contributed by atoms with Gasteiger partial charge in [-0.15, -0.1) is 17.0 Å². The molecule has 1 radical (unpaired) electrons. The first-order valence-electron chi connectivity index (χ1n) is 8.74. The first kappa shape index (κ1) is 20.4. The van der Waals surface area contributed by atoms with Gasteiger partial charge in [-0.1, -0.05) is 97.1 Å². The van der Waals surface area contributed by atoms with Crippen molar-refractivity contribution in [3.63, 3.8) is 0 Å². The van der Waals surface area contributed by atoms with Crippen molar-refractivity contribution >= 4 is 45.5 Å². The summed E-state index contributed by atoms with van der Waals surface area (Å²) in [6.45, 7) is 0. The van der Waals surface area contributed by atoms with Gasteiger partial charge in [0.15, 0.2) is 11.6 Å². The maximum absolute atomic E-state index is 14.3. The van der Waals surface area contributed by atoms with Crippen LogP contribution in [0.25, 0.3) is 0 Å². The molecule has 0 saturated heterocycles. The molecule has 0 saturated carbocycles. The van der Waals surface area contributed by atoms with E-state index >= 15 is 0 Å². The summed E-state index contributed by atoms with van der Waals surface area (Å²) in [5.74, 6) is -1.65. The van der Waals surface area contributed by atoms with Gasteiger partial charge in [-0.25, -0.2) is 8.78 Å². The van der Waals surface area contributed by atoms with E-state index in [0.29, 0.717) is 0 Å². The van der Waals surface area contributed by atoms with Crippen LogP contribution in [0.15, 0.2) is 109 Å². The summed E-state index contributed by atoms with van der Waals surface area (Å²) in [6.07, 6.45) is 0. The molecule has 4 aromatic carbocycles. The lowest BCUT2D eigenvalue weighted by atomic mass is 10.3. The Morgan fingerprint density at radius 2 is 0.821 bits per heavy atom. The molecule has 0 N–H and O–H groups in total. The third-order valence-electron chi connectivity index (χ3n) is 4.72. The van der Waals surface area contributed by atoms with Crippen molar-refractivity contribution in [2.45, 2.75) is 0 Å². The zero-order chi connectivity index (χ0) is 18.7. The van der Waals surface area contributed by atoms with Gasteiger partial charge in [0, 0.05) is 0 Å². The van der Waals surface area contributed by atoms with Crippen LogP contribution in [0.3, 0.4) is 0 Å². The Hall–Kier alpha value is -2.35. The van der Waals surface area contributed by atoms with E-state index in [1.165, 1.54) is 12.1 Å². The molecule has 0 bridgehead atoms. The maximum atomic E-state index is 14.3. The van der Waals surface area contributed by atoms with Gasteiger partial charge in [-0.05, 0) is 40.6 Å². The first-order valence-corrected chi connectivity index (χ1v) is 10.5. The Morgan fingerprint density at radius 3 is 1.18 bits per heavy atom. The molecule has 141 valence electrons. The Labute approximate surface area is 175 Å².